The first-order chi connectivity index (χ1) is 11.6. The standard InChI is InChI=1S/C16H9ClF3NO3S/c17-15-8-12(22)4-1-10(15)7-14(9-21)25(23,24)13-5-2-11(3-6-13)16(18,19)20/h1-8,22H/b14-7+. The number of rotatable bonds is 3. The Morgan fingerprint density at radius 2 is 1.76 bits per heavy atom. The van der Waals surface area contributed by atoms with E-state index < -0.39 is 31.4 Å². The van der Waals surface area contributed by atoms with Gasteiger partial charge in [-0.15, -0.1) is 0 Å². The van der Waals surface area contributed by atoms with Crippen molar-refractivity contribution < 1.29 is 26.7 Å². The van der Waals surface area contributed by atoms with Crippen LogP contribution in [-0.4, -0.2) is 13.5 Å². The summed E-state index contributed by atoms with van der Waals surface area (Å²) in [4.78, 5) is -1.15. The van der Waals surface area contributed by atoms with E-state index in [9.17, 15) is 26.7 Å². The first-order valence-electron chi connectivity index (χ1n) is 6.58. The number of phenols is 1. The lowest BCUT2D eigenvalue weighted by Gasteiger charge is -2.08. The van der Waals surface area contributed by atoms with Crippen molar-refractivity contribution in [2.45, 2.75) is 11.1 Å². The summed E-state index contributed by atoms with van der Waals surface area (Å²) < 4.78 is 62.6. The molecule has 0 spiro atoms. The fourth-order valence-electron chi connectivity index (χ4n) is 1.89. The molecule has 0 unspecified atom stereocenters. The van der Waals surface area contributed by atoms with Crippen LogP contribution >= 0.6 is 11.6 Å². The van der Waals surface area contributed by atoms with E-state index in [1.165, 1.54) is 18.2 Å². The second-order valence-corrected chi connectivity index (χ2v) is 7.18. The molecule has 0 heterocycles. The quantitative estimate of drug-likeness (QED) is 0.791. The van der Waals surface area contributed by atoms with E-state index in [-0.39, 0.29) is 16.3 Å². The molecule has 25 heavy (non-hydrogen) atoms. The molecule has 1 N–H and O–H groups in total. The highest BCUT2D eigenvalue weighted by molar-refractivity contribution is 7.95. The van der Waals surface area contributed by atoms with Gasteiger partial charge in [-0.2, -0.15) is 18.4 Å². The Bertz CT molecular complexity index is 975. The molecule has 2 aromatic rings. The summed E-state index contributed by atoms with van der Waals surface area (Å²) in [6.45, 7) is 0. The van der Waals surface area contributed by atoms with Crippen molar-refractivity contribution in [1.82, 2.24) is 0 Å². The van der Waals surface area contributed by atoms with Crippen LogP contribution in [0.5, 0.6) is 5.75 Å². The van der Waals surface area contributed by atoms with Gasteiger partial charge in [0.05, 0.1) is 15.5 Å². The molecule has 0 bridgehead atoms. The summed E-state index contributed by atoms with van der Waals surface area (Å²) in [5, 5.41) is 18.4. The Hall–Kier alpha value is -2.50. The highest BCUT2D eigenvalue weighted by atomic mass is 35.5. The number of sulfone groups is 1. The number of nitrogens with zero attached hydrogens (tertiary/aromatic N) is 1. The van der Waals surface area contributed by atoms with Crippen LogP contribution in [0.25, 0.3) is 6.08 Å². The minimum Gasteiger partial charge on any atom is -0.508 e. The monoisotopic (exact) mass is 387 g/mol. The van der Waals surface area contributed by atoms with E-state index in [2.05, 4.69) is 0 Å². The molecule has 0 aliphatic rings. The van der Waals surface area contributed by atoms with Crippen molar-refractivity contribution in [3.63, 3.8) is 0 Å². The van der Waals surface area contributed by atoms with Crippen LogP contribution in [0.2, 0.25) is 5.02 Å². The first kappa shape index (κ1) is 18.8. The van der Waals surface area contributed by atoms with Gasteiger partial charge < -0.3 is 5.11 Å². The number of aromatic hydroxyl groups is 1. The third kappa shape index (κ3) is 4.13. The third-order valence-corrected chi connectivity index (χ3v) is 5.17. The Morgan fingerprint density at radius 3 is 2.24 bits per heavy atom. The summed E-state index contributed by atoms with van der Waals surface area (Å²) in [5.41, 5.74) is -0.845. The van der Waals surface area contributed by atoms with Gasteiger partial charge in [0, 0.05) is 0 Å². The summed E-state index contributed by atoms with van der Waals surface area (Å²) in [5.74, 6) is -0.147. The predicted octanol–water partition coefficient (Wildman–Crippen LogP) is 4.40. The van der Waals surface area contributed by atoms with Gasteiger partial charge in [-0.05, 0) is 54.1 Å². The van der Waals surface area contributed by atoms with Crippen molar-refractivity contribution in [2.75, 3.05) is 0 Å². The number of nitriles is 1. The molecule has 0 radical (unpaired) electrons. The first-order valence-corrected chi connectivity index (χ1v) is 8.44. The molecule has 2 aromatic carbocycles. The fraction of sp³-hybridized carbons (Fsp3) is 0.0625. The zero-order valence-electron chi connectivity index (χ0n) is 12.2. The van der Waals surface area contributed by atoms with Crippen LogP contribution in [0.4, 0.5) is 13.2 Å². The number of alkyl halides is 3. The van der Waals surface area contributed by atoms with Crippen LogP contribution in [0.3, 0.4) is 0 Å². The van der Waals surface area contributed by atoms with E-state index >= 15 is 0 Å². The Balaban J connectivity index is 2.49. The number of phenolic OH excluding ortho intramolecular Hbond substituents is 1. The fourth-order valence-corrected chi connectivity index (χ4v) is 3.27. The Labute approximate surface area is 146 Å². The molecule has 0 saturated heterocycles. The van der Waals surface area contributed by atoms with E-state index in [1.807, 2.05) is 0 Å². The van der Waals surface area contributed by atoms with Gasteiger partial charge in [0.1, 0.15) is 16.7 Å². The van der Waals surface area contributed by atoms with Crippen LogP contribution in [0.1, 0.15) is 11.1 Å². The SMILES string of the molecule is N#C/C(=C\c1ccc(O)cc1Cl)S(=O)(=O)c1ccc(C(F)(F)F)cc1. The lowest BCUT2D eigenvalue weighted by molar-refractivity contribution is -0.137. The molecule has 4 nitrogen and oxygen atoms in total. The molecular formula is C16H9ClF3NO3S. The molecule has 0 aromatic heterocycles. The molecule has 0 atom stereocenters. The lowest BCUT2D eigenvalue weighted by atomic mass is 10.2. The smallest absolute Gasteiger partial charge is 0.416 e. The molecule has 130 valence electrons. The summed E-state index contributed by atoms with van der Waals surface area (Å²) in [6, 6.07) is 8.02. The molecule has 0 aliphatic heterocycles. The average molecular weight is 388 g/mol. The molecule has 0 saturated carbocycles. The zero-order chi connectivity index (χ0) is 18.8. The zero-order valence-corrected chi connectivity index (χ0v) is 13.8. The summed E-state index contributed by atoms with van der Waals surface area (Å²) >= 11 is 5.86. The Kier molecular flexibility index (Phi) is 5.11. The Morgan fingerprint density at radius 1 is 1.16 bits per heavy atom. The van der Waals surface area contributed by atoms with Gasteiger partial charge in [-0.25, -0.2) is 8.42 Å². The van der Waals surface area contributed by atoms with Crippen molar-refractivity contribution in [3.05, 3.63) is 63.5 Å². The molecule has 0 fully saturated rings. The van der Waals surface area contributed by atoms with Crippen LogP contribution < -0.4 is 0 Å². The van der Waals surface area contributed by atoms with Gasteiger partial charge in [-0.1, -0.05) is 11.6 Å². The van der Waals surface area contributed by atoms with Crippen molar-refractivity contribution in [1.29, 1.82) is 5.26 Å². The topological polar surface area (TPSA) is 78.2 Å². The number of hydrogen-bond acceptors (Lipinski definition) is 4. The average Bonchev–Trinajstić information content (AvgIpc) is 2.53. The maximum atomic E-state index is 12.6. The third-order valence-electron chi connectivity index (χ3n) is 3.16. The maximum Gasteiger partial charge on any atom is 0.416 e. The van der Waals surface area contributed by atoms with Gasteiger partial charge in [0.25, 0.3) is 0 Å². The molecule has 9 heteroatoms. The minimum absolute atomic E-state index is 0.00960. The van der Waals surface area contributed by atoms with Gasteiger partial charge in [0.2, 0.25) is 9.84 Å². The van der Waals surface area contributed by atoms with Crippen molar-refractivity contribution >= 4 is 27.5 Å². The molecule has 0 amide bonds. The minimum atomic E-state index is -4.60. The predicted molar refractivity (Wildman–Crippen MR) is 85.3 cm³/mol. The van der Waals surface area contributed by atoms with Crippen molar-refractivity contribution in [3.8, 4) is 11.8 Å². The largest absolute Gasteiger partial charge is 0.508 e. The number of halogens is 4. The number of benzene rings is 2. The molecule has 0 aliphatic carbocycles. The normalized spacial score (nSPS) is 12.7. The second-order valence-electron chi connectivity index (χ2n) is 4.85. The van der Waals surface area contributed by atoms with Crippen molar-refractivity contribution in [2.24, 2.45) is 0 Å². The van der Waals surface area contributed by atoms with Crippen LogP contribution in [-0.2, 0) is 16.0 Å². The maximum absolute atomic E-state index is 12.6. The molecule has 2 rings (SSSR count). The highest BCUT2D eigenvalue weighted by Crippen LogP contribution is 2.31. The second kappa shape index (κ2) is 6.78. The van der Waals surface area contributed by atoms with Crippen LogP contribution in [0.15, 0.2) is 52.3 Å². The number of hydrogen-bond donors (Lipinski definition) is 1. The van der Waals surface area contributed by atoms with E-state index in [4.69, 9.17) is 16.9 Å². The van der Waals surface area contributed by atoms with Crippen LogP contribution in [0, 0.1) is 11.3 Å². The molecular weight excluding hydrogens is 379 g/mol. The number of allylic oxidation sites excluding steroid dienone is 1. The van der Waals surface area contributed by atoms with E-state index in [0.717, 1.165) is 24.3 Å². The van der Waals surface area contributed by atoms with Gasteiger partial charge in [-0.3, -0.25) is 0 Å². The lowest BCUT2D eigenvalue weighted by Crippen LogP contribution is -2.07. The van der Waals surface area contributed by atoms with E-state index in [0.29, 0.717) is 12.1 Å². The van der Waals surface area contributed by atoms with E-state index in [1.54, 1.807) is 0 Å². The van der Waals surface area contributed by atoms with Gasteiger partial charge in [0.15, 0.2) is 0 Å². The summed E-state index contributed by atoms with van der Waals surface area (Å²) in [7, 11) is -4.33. The highest BCUT2D eigenvalue weighted by Gasteiger charge is 2.31. The van der Waals surface area contributed by atoms with Gasteiger partial charge >= 0.3 is 6.18 Å². The summed E-state index contributed by atoms with van der Waals surface area (Å²) in [6.07, 6.45) is -3.62.